The first-order chi connectivity index (χ1) is 7.65. The summed E-state index contributed by atoms with van der Waals surface area (Å²) < 4.78 is 2.99. The standard InChI is InChI=1S/C12H13BrN2O/c1-14-6-11(16)9-5-3-4-8-10(13)7-15(2)12(8)9/h3-5,7,14H,6H2,1-2H3. The predicted octanol–water partition coefficient (Wildman–Crippen LogP) is 2.34. The van der Waals surface area contributed by atoms with Gasteiger partial charge in [-0.3, -0.25) is 4.79 Å². The van der Waals surface area contributed by atoms with Crippen LogP contribution < -0.4 is 5.32 Å². The Morgan fingerprint density at radius 2 is 2.25 bits per heavy atom. The van der Waals surface area contributed by atoms with Crippen molar-refractivity contribution in [2.24, 2.45) is 7.05 Å². The Hall–Kier alpha value is -1.13. The van der Waals surface area contributed by atoms with Gasteiger partial charge >= 0.3 is 0 Å². The number of Topliss-reactive ketones (excluding diaryl/α,β-unsaturated/α-hetero) is 1. The summed E-state index contributed by atoms with van der Waals surface area (Å²) >= 11 is 3.49. The summed E-state index contributed by atoms with van der Waals surface area (Å²) in [5, 5.41) is 3.96. The van der Waals surface area contributed by atoms with E-state index in [1.54, 1.807) is 7.05 Å². The number of para-hydroxylation sites is 1. The summed E-state index contributed by atoms with van der Waals surface area (Å²) in [6, 6.07) is 5.79. The molecule has 1 aromatic heterocycles. The Bertz CT molecular complexity index is 545. The van der Waals surface area contributed by atoms with Crippen molar-refractivity contribution in [1.29, 1.82) is 0 Å². The third kappa shape index (κ3) is 1.79. The second-order valence-electron chi connectivity index (χ2n) is 3.74. The van der Waals surface area contributed by atoms with Gasteiger partial charge in [-0.15, -0.1) is 0 Å². The van der Waals surface area contributed by atoms with Gasteiger partial charge in [0, 0.05) is 28.7 Å². The van der Waals surface area contributed by atoms with Crippen LogP contribution in [0, 0.1) is 0 Å². The molecular weight excluding hydrogens is 268 g/mol. The lowest BCUT2D eigenvalue weighted by Gasteiger charge is -2.04. The first-order valence-electron chi connectivity index (χ1n) is 5.06. The summed E-state index contributed by atoms with van der Waals surface area (Å²) in [7, 11) is 3.72. The molecule has 2 aromatic rings. The molecule has 0 aliphatic heterocycles. The first kappa shape index (κ1) is 11.4. The minimum absolute atomic E-state index is 0.113. The number of carbonyl (C=O) groups is 1. The van der Waals surface area contributed by atoms with E-state index >= 15 is 0 Å². The largest absolute Gasteiger partial charge is 0.349 e. The molecule has 0 saturated carbocycles. The molecule has 16 heavy (non-hydrogen) atoms. The molecule has 0 atom stereocenters. The highest BCUT2D eigenvalue weighted by Crippen LogP contribution is 2.28. The van der Waals surface area contributed by atoms with Crippen LogP contribution in [0.4, 0.5) is 0 Å². The molecule has 1 aromatic carbocycles. The van der Waals surface area contributed by atoms with E-state index in [-0.39, 0.29) is 5.78 Å². The van der Waals surface area contributed by atoms with Crippen molar-refractivity contribution < 1.29 is 4.79 Å². The van der Waals surface area contributed by atoms with Gasteiger partial charge in [0.05, 0.1) is 12.1 Å². The van der Waals surface area contributed by atoms with E-state index < -0.39 is 0 Å². The van der Waals surface area contributed by atoms with Gasteiger partial charge in [0.2, 0.25) is 0 Å². The van der Waals surface area contributed by atoms with Gasteiger partial charge in [-0.2, -0.15) is 0 Å². The second kappa shape index (κ2) is 4.39. The maximum Gasteiger partial charge on any atom is 0.178 e. The van der Waals surface area contributed by atoms with Crippen molar-refractivity contribution in [3.05, 3.63) is 34.4 Å². The highest BCUT2D eigenvalue weighted by atomic mass is 79.9. The number of likely N-dealkylation sites (N-methyl/N-ethyl adjacent to an activating group) is 1. The van der Waals surface area contributed by atoms with Crippen LogP contribution in [0.2, 0.25) is 0 Å². The van der Waals surface area contributed by atoms with Crippen LogP contribution in [0.25, 0.3) is 10.9 Å². The Labute approximate surface area is 103 Å². The first-order valence-corrected chi connectivity index (χ1v) is 5.85. The van der Waals surface area contributed by atoms with Crippen molar-refractivity contribution in [3.8, 4) is 0 Å². The molecule has 0 aliphatic rings. The number of rotatable bonds is 3. The Balaban J connectivity index is 2.66. The van der Waals surface area contributed by atoms with Crippen LogP contribution in [0.3, 0.4) is 0 Å². The lowest BCUT2D eigenvalue weighted by molar-refractivity contribution is 0.0995. The van der Waals surface area contributed by atoms with Gasteiger partial charge in [0.15, 0.2) is 5.78 Å². The highest BCUT2D eigenvalue weighted by molar-refractivity contribution is 9.10. The maximum atomic E-state index is 11.9. The Kier molecular flexibility index (Phi) is 3.12. The molecule has 2 rings (SSSR count). The lowest BCUT2D eigenvalue weighted by atomic mass is 10.1. The molecule has 1 heterocycles. The van der Waals surface area contributed by atoms with Crippen LogP contribution in [0.5, 0.6) is 0 Å². The number of hydrogen-bond acceptors (Lipinski definition) is 2. The zero-order valence-corrected chi connectivity index (χ0v) is 10.8. The molecular formula is C12H13BrN2O. The van der Waals surface area contributed by atoms with Crippen molar-refractivity contribution in [2.75, 3.05) is 13.6 Å². The second-order valence-corrected chi connectivity index (χ2v) is 4.60. The molecule has 0 spiro atoms. The molecule has 0 amide bonds. The number of fused-ring (bicyclic) bond motifs is 1. The quantitative estimate of drug-likeness (QED) is 0.876. The average Bonchev–Trinajstić information content (AvgIpc) is 2.55. The predicted molar refractivity (Wildman–Crippen MR) is 68.9 cm³/mol. The number of halogens is 1. The number of aromatic nitrogens is 1. The van der Waals surface area contributed by atoms with Crippen molar-refractivity contribution in [2.45, 2.75) is 0 Å². The third-order valence-electron chi connectivity index (χ3n) is 2.59. The van der Waals surface area contributed by atoms with E-state index in [0.717, 1.165) is 20.9 Å². The number of hydrogen-bond donors (Lipinski definition) is 1. The fourth-order valence-corrected chi connectivity index (χ4v) is 2.53. The molecule has 4 heteroatoms. The summed E-state index contributed by atoms with van der Waals surface area (Å²) in [5.74, 6) is 0.113. The zero-order valence-electron chi connectivity index (χ0n) is 9.25. The van der Waals surface area contributed by atoms with Gasteiger partial charge in [0.1, 0.15) is 0 Å². The van der Waals surface area contributed by atoms with E-state index in [9.17, 15) is 4.79 Å². The van der Waals surface area contributed by atoms with E-state index in [4.69, 9.17) is 0 Å². The van der Waals surface area contributed by atoms with Crippen LogP contribution in [0.15, 0.2) is 28.9 Å². The topological polar surface area (TPSA) is 34.0 Å². The van der Waals surface area contributed by atoms with Crippen LogP contribution in [0.1, 0.15) is 10.4 Å². The number of benzene rings is 1. The van der Waals surface area contributed by atoms with Gasteiger partial charge < -0.3 is 9.88 Å². The molecule has 84 valence electrons. The smallest absolute Gasteiger partial charge is 0.178 e. The van der Waals surface area contributed by atoms with E-state index in [2.05, 4.69) is 21.2 Å². The molecule has 0 unspecified atom stereocenters. The van der Waals surface area contributed by atoms with E-state index in [0.29, 0.717) is 6.54 Å². The van der Waals surface area contributed by atoms with E-state index in [1.807, 2.05) is 36.0 Å². The highest BCUT2D eigenvalue weighted by Gasteiger charge is 2.13. The SMILES string of the molecule is CNCC(=O)c1cccc2c(Br)cn(C)c12. The minimum atomic E-state index is 0.113. The monoisotopic (exact) mass is 280 g/mol. The van der Waals surface area contributed by atoms with Gasteiger partial charge in [0.25, 0.3) is 0 Å². The van der Waals surface area contributed by atoms with Crippen molar-refractivity contribution >= 4 is 32.6 Å². The van der Waals surface area contributed by atoms with Crippen molar-refractivity contribution in [1.82, 2.24) is 9.88 Å². The van der Waals surface area contributed by atoms with Crippen LogP contribution in [-0.2, 0) is 7.05 Å². The molecule has 1 N–H and O–H groups in total. The third-order valence-corrected chi connectivity index (χ3v) is 3.22. The summed E-state index contributed by atoms with van der Waals surface area (Å²) in [5.41, 5.74) is 1.75. The lowest BCUT2D eigenvalue weighted by Crippen LogP contribution is -2.19. The fraction of sp³-hybridized carbons (Fsp3) is 0.250. The van der Waals surface area contributed by atoms with Crippen LogP contribution >= 0.6 is 15.9 Å². The number of nitrogens with zero attached hydrogens (tertiary/aromatic N) is 1. The Morgan fingerprint density at radius 3 is 2.94 bits per heavy atom. The van der Waals surface area contributed by atoms with Crippen molar-refractivity contribution in [3.63, 3.8) is 0 Å². The molecule has 0 radical (unpaired) electrons. The van der Waals surface area contributed by atoms with Gasteiger partial charge in [-0.25, -0.2) is 0 Å². The molecule has 0 bridgehead atoms. The Morgan fingerprint density at radius 1 is 1.50 bits per heavy atom. The fourth-order valence-electron chi connectivity index (χ4n) is 1.90. The number of aryl methyl sites for hydroxylation is 1. The van der Waals surface area contributed by atoms with E-state index in [1.165, 1.54) is 0 Å². The number of nitrogens with one attached hydrogen (secondary N) is 1. The number of ketones is 1. The maximum absolute atomic E-state index is 11.9. The minimum Gasteiger partial charge on any atom is -0.349 e. The molecule has 0 saturated heterocycles. The molecule has 0 fully saturated rings. The summed E-state index contributed by atoms with van der Waals surface area (Å²) in [6.07, 6.45) is 1.97. The van der Waals surface area contributed by atoms with Crippen LogP contribution in [-0.4, -0.2) is 23.9 Å². The average molecular weight is 281 g/mol. The van der Waals surface area contributed by atoms with Gasteiger partial charge in [-0.05, 0) is 29.0 Å². The normalized spacial score (nSPS) is 10.9. The molecule has 3 nitrogen and oxygen atoms in total. The number of carbonyl (C=O) groups excluding carboxylic acids is 1. The summed E-state index contributed by atoms with van der Waals surface area (Å²) in [6.45, 7) is 0.363. The summed E-state index contributed by atoms with van der Waals surface area (Å²) in [4.78, 5) is 11.9. The zero-order chi connectivity index (χ0) is 11.7. The van der Waals surface area contributed by atoms with Gasteiger partial charge in [-0.1, -0.05) is 12.1 Å². The molecule has 0 aliphatic carbocycles.